The molecule has 3 rings (SSSR count). The molecule has 0 aliphatic rings. The summed E-state index contributed by atoms with van der Waals surface area (Å²) >= 11 is 6.93. The van der Waals surface area contributed by atoms with Crippen LogP contribution in [-0.4, -0.2) is 45.9 Å². The van der Waals surface area contributed by atoms with Crippen LogP contribution in [-0.2, 0) is 51.5 Å². The molecule has 0 aliphatic heterocycles. The van der Waals surface area contributed by atoms with Gasteiger partial charge in [-0.25, -0.2) is 0 Å². The minimum absolute atomic E-state index is 1.01. The van der Waals surface area contributed by atoms with E-state index >= 15 is 0 Å². The van der Waals surface area contributed by atoms with Gasteiger partial charge < -0.3 is 0 Å². The summed E-state index contributed by atoms with van der Waals surface area (Å²) in [4.78, 5) is 12.4. The normalized spacial score (nSPS) is 10.3. The quantitative estimate of drug-likeness (QED) is 0.360. The van der Waals surface area contributed by atoms with Gasteiger partial charge in [0.05, 0.1) is 0 Å². The van der Waals surface area contributed by atoms with Crippen LogP contribution in [0.5, 0.6) is 0 Å². The third-order valence-corrected chi connectivity index (χ3v) is 7.12. The van der Waals surface area contributed by atoms with Crippen molar-refractivity contribution in [3.8, 4) is 0 Å². The Morgan fingerprint density at radius 1 is 0.562 bits per heavy atom. The molecule has 0 bridgehead atoms. The summed E-state index contributed by atoms with van der Waals surface area (Å²) in [6, 6.07) is 16.0. The largest absolute Gasteiger partial charge is 0.265 e. The molecule has 0 N–H and O–H groups in total. The van der Waals surface area contributed by atoms with Gasteiger partial charge in [-0.1, -0.05) is 12.1 Å². The molecule has 0 amide bonds. The first kappa shape index (κ1) is 28.8. The average Bonchev–Trinajstić information content (AvgIpc) is 2.87. The molecule has 3 aromatic rings. The van der Waals surface area contributed by atoms with Crippen LogP contribution in [0.25, 0.3) is 0 Å². The standard InChI is InChI=1S/C16H26N2.2C5H5N.2Pd/c1-5-17(6-2)13-15-9-11-16(12-10-15)14-18(7-3)8-4;2*1-2-4-6-5-3-1;;/h9,11H,5-8,13-14H2,1-4H3;2*1-5H;;. The van der Waals surface area contributed by atoms with E-state index in [0.29, 0.717) is 0 Å². The minimum Gasteiger partial charge on any atom is -0.265 e. The zero-order valence-electron chi connectivity index (χ0n) is 19.6. The first-order valence-corrected chi connectivity index (χ1v) is 12.7. The maximum absolute atomic E-state index is 3.78. The molecular formula is C26H36N4Pd2. The second-order valence-corrected chi connectivity index (χ2v) is 8.48. The molecule has 1 aromatic carbocycles. The van der Waals surface area contributed by atoms with Crippen molar-refractivity contribution in [2.45, 2.75) is 40.8 Å². The summed E-state index contributed by atoms with van der Waals surface area (Å²) in [6.07, 6.45) is 7.00. The van der Waals surface area contributed by atoms with Gasteiger partial charge in [-0.3, -0.25) is 9.97 Å². The van der Waals surface area contributed by atoms with Crippen molar-refractivity contribution in [2.75, 3.05) is 26.2 Å². The number of hydrogen-bond acceptors (Lipinski definition) is 4. The van der Waals surface area contributed by atoms with E-state index in [1.165, 1.54) is 19.2 Å². The molecule has 6 heteroatoms. The molecule has 0 radical (unpaired) electrons. The molecule has 2 aromatic heterocycles. The van der Waals surface area contributed by atoms with E-state index in [1.54, 1.807) is 24.8 Å². The second-order valence-electron chi connectivity index (χ2n) is 6.92. The molecule has 4 nitrogen and oxygen atoms in total. The number of pyridine rings is 2. The second kappa shape index (κ2) is 18.2. The Balaban J connectivity index is 0.000000341. The summed E-state index contributed by atoms with van der Waals surface area (Å²) in [7, 11) is 0. The summed E-state index contributed by atoms with van der Waals surface area (Å²) in [5, 5.41) is 0. The van der Waals surface area contributed by atoms with Gasteiger partial charge in [-0.2, -0.15) is 0 Å². The van der Waals surface area contributed by atoms with Crippen LogP contribution >= 0.6 is 0 Å². The Hall–Kier alpha value is -1.24. The van der Waals surface area contributed by atoms with E-state index in [0.717, 1.165) is 39.3 Å². The molecule has 180 valence electrons. The number of hydrogen-bond donors (Lipinski definition) is 0. The molecule has 0 saturated carbocycles. The van der Waals surface area contributed by atoms with Crippen LogP contribution < -0.4 is 8.07 Å². The van der Waals surface area contributed by atoms with E-state index in [9.17, 15) is 0 Å². The van der Waals surface area contributed by atoms with E-state index < -0.39 is 0 Å². The molecule has 0 saturated heterocycles. The van der Waals surface area contributed by atoms with Crippen molar-refractivity contribution < 1.29 is 38.4 Å². The van der Waals surface area contributed by atoms with Crippen LogP contribution in [0, 0.1) is 0 Å². The van der Waals surface area contributed by atoms with Gasteiger partial charge >= 0.3 is 146 Å². The molecule has 0 aliphatic carbocycles. The monoisotopic (exact) mass is 616 g/mol. The van der Waals surface area contributed by atoms with Crippen LogP contribution in [0.3, 0.4) is 0 Å². The molecule has 0 atom stereocenters. The van der Waals surface area contributed by atoms with Gasteiger partial charge in [0.25, 0.3) is 0 Å². The van der Waals surface area contributed by atoms with Crippen molar-refractivity contribution in [3.63, 3.8) is 0 Å². The molecule has 2 heterocycles. The van der Waals surface area contributed by atoms with Crippen LogP contribution in [0.15, 0.2) is 73.3 Å². The van der Waals surface area contributed by atoms with Crippen molar-refractivity contribution in [3.05, 3.63) is 84.4 Å². The fourth-order valence-electron chi connectivity index (χ4n) is 2.84. The van der Waals surface area contributed by atoms with Crippen molar-refractivity contribution in [1.82, 2.24) is 19.8 Å². The maximum atomic E-state index is 3.78. The van der Waals surface area contributed by atoms with Gasteiger partial charge in [-0.05, 0) is 24.3 Å². The average molecular weight is 617 g/mol. The predicted octanol–water partition coefficient (Wildman–Crippen LogP) is 3.88. The van der Waals surface area contributed by atoms with Crippen LogP contribution in [0.2, 0.25) is 0 Å². The number of rotatable bonds is 8. The number of aromatic nitrogens is 2. The molecule has 0 unspecified atom stereocenters. The van der Waals surface area contributed by atoms with Gasteiger partial charge in [0.1, 0.15) is 0 Å². The summed E-state index contributed by atoms with van der Waals surface area (Å²) in [5.41, 5.74) is 2.75. The Labute approximate surface area is 216 Å². The third-order valence-electron chi connectivity index (χ3n) is 4.89. The fraction of sp³-hybridized carbons (Fsp3) is 0.385. The summed E-state index contributed by atoms with van der Waals surface area (Å²) < 4.78 is 2.51. The summed E-state index contributed by atoms with van der Waals surface area (Å²) in [5.74, 6) is 0. The number of benzene rings is 1. The molecular weight excluding hydrogens is 581 g/mol. The van der Waals surface area contributed by atoms with Crippen LogP contribution in [0.4, 0.5) is 0 Å². The van der Waals surface area contributed by atoms with E-state index in [-0.39, 0.29) is 0 Å². The Bertz CT molecular complexity index is 700. The minimum atomic E-state index is 1.01. The van der Waals surface area contributed by atoms with E-state index in [4.69, 9.17) is 0 Å². The zero-order chi connectivity index (χ0) is 23.6. The van der Waals surface area contributed by atoms with E-state index in [2.05, 4.69) is 98.0 Å². The van der Waals surface area contributed by atoms with Crippen molar-refractivity contribution in [1.29, 1.82) is 0 Å². The summed E-state index contributed by atoms with van der Waals surface area (Å²) in [6.45, 7) is 15.3. The Morgan fingerprint density at radius 3 is 1.06 bits per heavy atom. The van der Waals surface area contributed by atoms with Gasteiger partial charge in [0, 0.05) is 24.8 Å². The smallest absolute Gasteiger partial charge is 0.0267 e. The third kappa shape index (κ3) is 11.6. The molecule has 0 spiro atoms. The predicted molar refractivity (Wildman–Crippen MR) is 127 cm³/mol. The first-order chi connectivity index (χ1) is 15.6. The zero-order valence-corrected chi connectivity index (χ0v) is 22.7. The SMILES string of the molecule is CCN(CC)Cc1ccc(CN(CC)CC)[c]([Pd])[c]1[Pd].c1ccncc1.c1ccncc1. The maximum Gasteiger partial charge on any atom is 0.0267 e. The molecule has 0 fully saturated rings. The Morgan fingerprint density at radius 2 is 0.875 bits per heavy atom. The molecule has 32 heavy (non-hydrogen) atoms. The van der Waals surface area contributed by atoms with Crippen LogP contribution in [0.1, 0.15) is 38.8 Å². The topological polar surface area (TPSA) is 32.3 Å². The Kier molecular flexibility index (Phi) is 16.4. The van der Waals surface area contributed by atoms with Gasteiger partial charge in [0.2, 0.25) is 0 Å². The fourth-order valence-corrected chi connectivity index (χ4v) is 3.84. The first-order valence-electron chi connectivity index (χ1n) is 11.1. The van der Waals surface area contributed by atoms with Crippen molar-refractivity contribution >= 4 is 8.07 Å². The van der Waals surface area contributed by atoms with Gasteiger partial charge in [-0.15, -0.1) is 0 Å². The van der Waals surface area contributed by atoms with Crippen molar-refractivity contribution in [2.24, 2.45) is 0 Å². The van der Waals surface area contributed by atoms with Gasteiger partial charge in [0.15, 0.2) is 0 Å². The van der Waals surface area contributed by atoms with E-state index in [1.807, 2.05) is 36.4 Å². The number of nitrogens with zero attached hydrogens (tertiary/aromatic N) is 4.